The van der Waals surface area contributed by atoms with Crippen molar-refractivity contribution in [1.29, 1.82) is 0 Å². The maximum absolute atomic E-state index is 15.4. The van der Waals surface area contributed by atoms with E-state index in [2.05, 4.69) is 15.1 Å². The van der Waals surface area contributed by atoms with E-state index in [0.717, 1.165) is 33.5 Å². The lowest BCUT2D eigenvalue weighted by Crippen LogP contribution is -2.47. The van der Waals surface area contributed by atoms with Crippen molar-refractivity contribution in [3.05, 3.63) is 142 Å². The third kappa shape index (κ3) is 9.82. The Hall–Kier alpha value is -5.44. The number of halogens is 1. The van der Waals surface area contributed by atoms with Gasteiger partial charge in [-0.3, -0.25) is 19.8 Å². The minimum absolute atomic E-state index is 0.117. The van der Waals surface area contributed by atoms with Crippen LogP contribution < -0.4 is 19.7 Å². The van der Waals surface area contributed by atoms with E-state index in [-0.39, 0.29) is 23.1 Å². The maximum Gasteiger partial charge on any atom is 0.293 e. The third-order valence-corrected chi connectivity index (χ3v) is 11.8. The number of carbonyl (C=O) groups excluding carboxylic acids is 1. The van der Waals surface area contributed by atoms with Crippen LogP contribution in [-0.2, 0) is 10.0 Å². The number of nitrogens with zero attached hydrogens (tertiary/aromatic N) is 3. The van der Waals surface area contributed by atoms with Gasteiger partial charge < -0.3 is 15.0 Å². The minimum Gasteiger partial charge on any atom is -0.494 e. The smallest absolute Gasteiger partial charge is 0.293 e. The molecule has 2 N–H and O–H groups in total. The molecule has 14 heteroatoms. The number of nitrogens with one attached hydrogen (secondary N) is 2. The van der Waals surface area contributed by atoms with Crippen LogP contribution >= 0.6 is 11.8 Å². The van der Waals surface area contributed by atoms with Gasteiger partial charge in [0.2, 0.25) is 0 Å². The summed E-state index contributed by atoms with van der Waals surface area (Å²) in [6.45, 7) is 7.60. The van der Waals surface area contributed by atoms with E-state index in [1.807, 2.05) is 85.3 Å². The molecule has 5 aromatic rings. The van der Waals surface area contributed by atoms with Crippen LogP contribution in [0.5, 0.6) is 5.75 Å². The Kier molecular flexibility index (Phi) is 12.7. The molecule has 0 aliphatic carbocycles. The van der Waals surface area contributed by atoms with Crippen LogP contribution in [0.2, 0.25) is 0 Å². The SMILES string of the molecule is CCOc1cccc(-c2ccc(C(C)N3CCN(c4ccc(C(=O)NS(=O)(=O)c5ccc(NCCSc6ccccc6)c([N+](=O)[O-])c5)cc4)CC3)c(F)c2)c1. The maximum atomic E-state index is 15.4. The molecule has 0 radical (unpaired) electrons. The summed E-state index contributed by atoms with van der Waals surface area (Å²) in [5.74, 6) is 0.256. The van der Waals surface area contributed by atoms with Gasteiger partial charge in [0.15, 0.2) is 0 Å². The standard InChI is InChI=1S/C41H42FN5O6S2/c1-3-53-34-9-7-8-31(26-34)32-14-18-37(38(42)27-32)29(2)45-21-23-46(24-22-45)33-15-12-30(13-16-33)41(48)44-55(51,52)36-17-19-39(40(28-36)47(49)50)43-20-25-54-35-10-5-4-6-11-35/h4-19,26-29,43H,3,20-25H2,1-2H3,(H,44,48). The topological polar surface area (TPSA) is 134 Å². The molecule has 1 saturated heterocycles. The molecule has 11 nitrogen and oxygen atoms in total. The number of rotatable bonds is 15. The van der Waals surface area contributed by atoms with Gasteiger partial charge in [0.25, 0.3) is 21.6 Å². The largest absolute Gasteiger partial charge is 0.494 e. The fourth-order valence-electron chi connectivity index (χ4n) is 6.46. The molecule has 1 atom stereocenters. The molecular formula is C41H42FN5O6S2. The number of nitro benzene ring substituents is 1. The highest BCUT2D eigenvalue weighted by Crippen LogP contribution is 2.31. The molecular weight excluding hydrogens is 742 g/mol. The molecule has 1 fully saturated rings. The van der Waals surface area contributed by atoms with Crippen molar-refractivity contribution < 1.29 is 27.3 Å². The Morgan fingerprint density at radius 1 is 0.909 bits per heavy atom. The highest BCUT2D eigenvalue weighted by atomic mass is 32.2. The van der Waals surface area contributed by atoms with Crippen LogP contribution in [0.25, 0.3) is 11.1 Å². The van der Waals surface area contributed by atoms with Gasteiger partial charge in [-0.2, -0.15) is 0 Å². The quantitative estimate of drug-likeness (QED) is 0.0466. The molecule has 0 saturated carbocycles. The van der Waals surface area contributed by atoms with Crippen molar-refractivity contribution in [3.63, 3.8) is 0 Å². The van der Waals surface area contributed by atoms with Gasteiger partial charge in [-0.05, 0) is 91.7 Å². The molecule has 0 spiro atoms. The first kappa shape index (κ1) is 39.3. The van der Waals surface area contributed by atoms with Crippen LogP contribution in [0.4, 0.5) is 21.5 Å². The number of hydrogen-bond donors (Lipinski definition) is 2. The predicted octanol–water partition coefficient (Wildman–Crippen LogP) is 8.01. The summed E-state index contributed by atoms with van der Waals surface area (Å²) in [6.07, 6.45) is 0. The van der Waals surface area contributed by atoms with Gasteiger partial charge in [0.1, 0.15) is 17.3 Å². The average Bonchev–Trinajstić information content (AvgIpc) is 3.20. The molecule has 0 aromatic heterocycles. The molecule has 1 unspecified atom stereocenters. The number of ether oxygens (including phenoxy) is 1. The predicted molar refractivity (Wildman–Crippen MR) is 215 cm³/mol. The highest BCUT2D eigenvalue weighted by molar-refractivity contribution is 7.99. The van der Waals surface area contributed by atoms with E-state index in [1.54, 1.807) is 42.1 Å². The van der Waals surface area contributed by atoms with Crippen molar-refractivity contribution in [2.45, 2.75) is 29.7 Å². The highest BCUT2D eigenvalue weighted by Gasteiger charge is 2.26. The summed E-state index contributed by atoms with van der Waals surface area (Å²) < 4.78 is 49.3. The van der Waals surface area contributed by atoms with Crippen molar-refractivity contribution in [1.82, 2.24) is 9.62 Å². The van der Waals surface area contributed by atoms with Gasteiger partial charge in [-0.25, -0.2) is 17.5 Å². The molecule has 1 aliphatic heterocycles. The van der Waals surface area contributed by atoms with Crippen LogP contribution in [0.15, 0.2) is 125 Å². The lowest BCUT2D eigenvalue weighted by molar-refractivity contribution is -0.384. The van der Waals surface area contributed by atoms with Crippen LogP contribution in [0.3, 0.4) is 0 Å². The summed E-state index contributed by atoms with van der Waals surface area (Å²) >= 11 is 1.58. The Bertz CT molecular complexity index is 2230. The monoisotopic (exact) mass is 783 g/mol. The molecule has 1 heterocycles. The first-order chi connectivity index (χ1) is 26.5. The summed E-state index contributed by atoms with van der Waals surface area (Å²) in [4.78, 5) is 29.2. The van der Waals surface area contributed by atoms with E-state index < -0.39 is 31.4 Å². The second-order valence-corrected chi connectivity index (χ2v) is 15.8. The number of sulfonamides is 1. The van der Waals surface area contributed by atoms with E-state index in [4.69, 9.17) is 4.74 Å². The number of thioether (sulfide) groups is 1. The van der Waals surface area contributed by atoms with E-state index in [9.17, 15) is 23.3 Å². The van der Waals surface area contributed by atoms with Crippen molar-refractivity contribution >= 4 is 44.8 Å². The Morgan fingerprint density at radius 2 is 1.64 bits per heavy atom. The lowest BCUT2D eigenvalue weighted by atomic mass is 9.99. The van der Waals surface area contributed by atoms with Gasteiger partial charge in [0.05, 0.1) is 16.4 Å². The Morgan fingerprint density at radius 3 is 2.33 bits per heavy atom. The fraction of sp³-hybridized carbons (Fsp3) is 0.244. The van der Waals surface area contributed by atoms with Gasteiger partial charge in [0, 0.05) is 72.3 Å². The zero-order valence-electron chi connectivity index (χ0n) is 30.5. The molecule has 0 bridgehead atoms. The van der Waals surface area contributed by atoms with Crippen LogP contribution in [0, 0.1) is 15.9 Å². The Balaban J connectivity index is 1.02. The normalized spacial score (nSPS) is 13.9. The first-order valence-electron chi connectivity index (χ1n) is 17.9. The van der Waals surface area contributed by atoms with E-state index >= 15 is 4.39 Å². The number of nitro groups is 1. The summed E-state index contributed by atoms with van der Waals surface area (Å²) in [5.41, 5.74) is 3.03. The molecule has 1 amide bonds. The van der Waals surface area contributed by atoms with Crippen molar-refractivity contribution in [3.8, 4) is 16.9 Å². The molecule has 55 heavy (non-hydrogen) atoms. The van der Waals surface area contributed by atoms with E-state index in [1.165, 1.54) is 12.1 Å². The number of hydrogen-bond acceptors (Lipinski definition) is 10. The fourth-order valence-corrected chi connectivity index (χ4v) is 8.24. The number of anilines is 2. The van der Waals surface area contributed by atoms with E-state index in [0.29, 0.717) is 50.6 Å². The van der Waals surface area contributed by atoms with Crippen LogP contribution in [-0.4, -0.2) is 69.2 Å². The number of benzene rings is 5. The zero-order chi connectivity index (χ0) is 39.0. The van der Waals surface area contributed by atoms with Gasteiger partial charge >= 0.3 is 0 Å². The zero-order valence-corrected chi connectivity index (χ0v) is 32.1. The molecule has 1 aliphatic rings. The summed E-state index contributed by atoms with van der Waals surface area (Å²) in [5, 5.41) is 14.8. The molecule has 5 aromatic carbocycles. The lowest BCUT2D eigenvalue weighted by Gasteiger charge is -2.39. The first-order valence-corrected chi connectivity index (χ1v) is 20.4. The third-order valence-electron chi connectivity index (χ3n) is 9.42. The average molecular weight is 784 g/mol. The second-order valence-electron chi connectivity index (χ2n) is 12.9. The van der Waals surface area contributed by atoms with Gasteiger partial charge in [-0.1, -0.05) is 42.5 Å². The van der Waals surface area contributed by atoms with Gasteiger partial charge in [-0.15, -0.1) is 11.8 Å². The van der Waals surface area contributed by atoms with Crippen LogP contribution in [0.1, 0.15) is 35.8 Å². The molecule has 6 rings (SSSR count). The minimum atomic E-state index is -4.42. The number of amides is 1. The number of carbonyl (C=O) groups is 1. The number of piperazine rings is 1. The summed E-state index contributed by atoms with van der Waals surface area (Å²) in [6, 6.07) is 32.6. The molecule has 286 valence electrons. The van der Waals surface area contributed by atoms with Crippen molar-refractivity contribution in [2.75, 3.05) is 55.3 Å². The summed E-state index contributed by atoms with van der Waals surface area (Å²) in [7, 11) is -4.42. The van der Waals surface area contributed by atoms with Crippen molar-refractivity contribution in [2.24, 2.45) is 0 Å². The second kappa shape index (κ2) is 17.8. The Labute approximate surface area is 324 Å².